The van der Waals surface area contributed by atoms with Crippen molar-refractivity contribution >= 4 is 18.5 Å². The van der Waals surface area contributed by atoms with Gasteiger partial charge in [-0.3, -0.25) is 4.79 Å². The van der Waals surface area contributed by atoms with E-state index in [0.717, 1.165) is 12.8 Å². The summed E-state index contributed by atoms with van der Waals surface area (Å²) >= 11 is 3.97. The summed E-state index contributed by atoms with van der Waals surface area (Å²) in [7, 11) is 0. The topological polar surface area (TPSA) is 29.1 Å². The third-order valence-electron chi connectivity index (χ3n) is 3.24. The Hall–Kier alpha value is -1.03. The molecule has 1 aromatic carbocycles. The number of rotatable bonds is 3. The van der Waals surface area contributed by atoms with Gasteiger partial charge < -0.3 is 5.32 Å². The summed E-state index contributed by atoms with van der Waals surface area (Å²) in [5.41, 5.74) is 0.257. The number of hydrogen-bond acceptors (Lipinski definition) is 2. The van der Waals surface area contributed by atoms with Gasteiger partial charge in [-0.05, 0) is 50.8 Å². The van der Waals surface area contributed by atoms with E-state index in [1.807, 2.05) is 13.8 Å². The molecule has 1 aliphatic carbocycles. The molecule has 0 unspecified atom stereocenters. The van der Waals surface area contributed by atoms with Gasteiger partial charge in [0, 0.05) is 16.0 Å². The van der Waals surface area contributed by atoms with Gasteiger partial charge in [-0.15, -0.1) is 12.6 Å². The average Bonchev–Trinajstić information content (AvgIpc) is 3.04. The quantitative estimate of drug-likeness (QED) is 0.797. The number of halogens is 1. The molecule has 0 aromatic heterocycles. The maximum absolute atomic E-state index is 13.0. The van der Waals surface area contributed by atoms with Crippen molar-refractivity contribution in [3.63, 3.8) is 0 Å². The molecule has 0 radical (unpaired) electrons. The van der Waals surface area contributed by atoms with Gasteiger partial charge in [0.05, 0.1) is 0 Å². The lowest BCUT2D eigenvalue weighted by molar-refractivity contribution is 0.0903. The summed E-state index contributed by atoms with van der Waals surface area (Å²) < 4.78 is 13.0. The fraction of sp³-hybridized carbons (Fsp3) is 0.462. The number of nitrogens with one attached hydrogen (secondary N) is 1. The van der Waals surface area contributed by atoms with Crippen LogP contribution < -0.4 is 5.32 Å². The van der Waals surface area contributed by atoms with E-state index in [1.165, 1.54) is 18.2 Å². The van der Waals surface area contributed by atoms with Crippen molar-refractivity contribution in [1.82, 2.24) is 5.32 Å². The van der Waals surface area contributed by atoms with Crippen molar-refractivity contribution in [3.05, 3.63) is 29.6 Å². The SMILES string of the molecule is CC(C)(NC(=O)c1ccc(F)c(S)c1)C1CC1. The molecule has 2 nitrogen and oxygen atoms in total. The van der Waals surface area contributed by atoms with Crippen molar-refractivity contribution < 1.29 is 9.18 Å². The van der Waals surface area contributed by atoms with E-state index < -0.39 is 5.82 Å². The predicted molar refractivity (Wildman–Crippen MR) is 67.9 cm³/mol. The summed E-state index contributed by atoms with van der Waals surface area (Å²) in [6.45, 7) is 4.04. The first-order chi connectivity index (χ1) is 7.90. The van der Waals surface area contributed by atoms with E-state index in [9.17, 15) is 9.18 Å². The molecule has 4 heteroatoms. The molecule has 1 aromatic rings. The van der Waals surface area contributed by atoms with Gasteiger partial charge in [0.15, 0.2) is 0 Å². The van der Waals surface area contributed by atoms with Crippen LogP contribution in [0.15, 0.2) is 23.1 Å². The molecule has 0 saturated heterocycles. The first-order valence-electron chi connectivity index (χ1n) is 5.71. The molecule has 0 aliphatic heterocycles. The number of carbonyl (C=O) groups excluding carboxylic acids is 1. The van der Waals surface area contributed by atoms with Crippen LogP contribution in [0, 0.1) is 11.7 Å². The summed E-state index contributed by atoms with van der Waals surface area (Å²) in [5.74, 6) is -0.0223. The number of amides is 1. The number of thiol groups is 1. The van der Waals surface area contributed by atoms with Gasteiger partial charge in [-0.25, -0.2) is 4.39 Å². The van der Waals surface area contributed by atoms with Gasteiger partial charge in [0.1, 0.15) is 5.82 Å². The summed E-state index contributed by atoms with van der Waals surface area (Å²) in [5, 5.41) is 2.99. The Bertz CT molecular complexity index is 455. The van der Waals surface area contributed by atoms with Gasteiger partial charge in [-0.1, -0.05) is 0 Å². The maximum atomic E-state index is 13.0. The second kappa shape index (κ2) is 4.33. The van der Waals surface area contributed by atoms with E-state index in [4.69, 9.17) is 0 Å². The van der Waals surface area contributed by atoms with Crippen LogP contribution >= 0.6 is 12.6 Å². The molecule has 2 rings (SSSR count). The second-order valence-corrected chi connectivity index (χ2v) is 5.60. The van der Waals surface area contributed by atoms with E-state index in [1.54, 1.807) is 0 Å². The minimum absolute atomic E-state index is 0.169. The first-order valence-corrected chi connectivity index (χ1v) is 6.16. The van der Waals surface area contributed by atoms with E-state index in [2.05, 4.69) is 17.9 Å². The van der Waals surface area contributed by atoms with E-state index >= 15 is 0 Å². The van der Waals surface area contributed by atoms with Gasteiger partial charge in [-0.2, -0.15) is 0 Å². The highest BCUT2D eigenvalue weighted by Crippen LogP contribution is 2.39. The van der Waals surface area contributed by atoms with Crippen molar-refractivity contribution in [1.29, 1.82) is 0 Å². The zero-order valence-corrected chi connectivity index (χ0v) is 10.9. The molecule has 0 bridgehead atoms. The Morgan fingerprint density at radius 2 is 2.12 bits per heavy atom. The predicted octanol–water partition coefficient (Wildman–Crippen LogP) is 3.03. The molecule has 1 saturated carbocycles. The molecular weight excluding hydrogens is 237 g/mol. The molecule has 1 fully saturated rings. The zero-order chi connectivity index (χ0) is 12.6. The third-order valence-corrected chi connectivity index (χ3v) is 3.58. The van der Waals surface area contributed by atoms with Crippen LogP contribution in [0.1, 0.15) is 37.0 Å². The van der Waals surface area contributed by atoms with Crippen molar-refractivity contribution in [2.75, 3.05) is 0 Å². The lowest BCUT2D eigenvalue weighted by atomic mass is 9.98. The fourth-order valence-electron chi connectivity index (χ4n) is 1.93. The number of carbonyl (C=O) groups is 1. The molecule has 1 aliphatic rings. The van der Waals surface area contributed by atoms with E-state index in [0.29, 0.717) is 11.5 Å². The molecule has 1 amide bonds. The Kier molecular flexibility index (Phi) is 3.17. The molecule has 0 atom stereocenters. The van der Waals surface area contributed by atoms with Gasteiger partial charge in [0.25, 0.3) is 5.91 Å². The largest absolute Gasteiger partial charge is 0.347 e. The van der Waals surface area contributed by atoms with Crippen LogP contribution in [-0.4, -0.2) is 11.4 Å². The molecule has 0 heterocycles. The molecule has 0 spiro atoms. The van der Waals surface area contributed by atoms with Crippen molar-refractivity contribution in [2.24, 2.45) is 5.92 Å². The lowest BCUT2D eigenvalue weighted by Gasteiger charge is -2.26. The highest BCUT2D eigenvalue weighted by Gasteiger charge is 2.38. The Labute approximate surface area is 106 Å². The van der Waals surface area contributed by atoms with Crippen LogP contribution in [-0.2, 0) is 0 Å². The van der Waals surface area contributed by atoms with Crippen LogP contribution in [0.5, 0.6) is 0 Å². The second-order valence-electron chi connectivity index (χ2n) is 5.12. The smallest absolute Gasteiger partial charge is 0.251 e. The van der Waals surface area contributed by atoms with Crippen LogP contribution in [0.4, 0.5) is 4.39 Å². The zero-order valence-electron chi connectivity index (χ0n) is 9.96. The maximum Gasteiger partial charge on any atom is 0.251 e. The fourth-order valence-corrected chi connectivity index (χ4v) is 2.14. The number of hydrogen-bond donors (Lipinski definition) is 2. The molecular formula is C13H16FNOS. The Balaban J connectivity index is 2.11. The molecule has 1 N–H and O–H groups in total. The summed E-state index contributed by atoms with van der Waals surface area (Å²) in [6.07, 6.45) is 2.32. The van der Waals surface area contributed by atoms with Gasteiger partial charge in [0.2, 0.25) is 0 Å². The van der Waals surface area contributed by atoms with Crippen molar-refractivity contribution in [2.45, 2.75) is 37.1 Å². The van der Waals surface area contributed by atoms with Crippen molar-refractivity contribution in [3.8, 4) is 0 Å². The highest BCUT2D eigenvalue weighted by atomic mass is 32.1. The minimum Gasteiger partial charge on any atom is -0.347 e. The standard InChI is InChI=1S/C13H16FNOS/c1-13(2,9-4-5-9)15-12(16)8-3-6-10(14)11(17)7-8/h3,6-7,9,17H,4-5H2,1-2H3,(H,15,16). The Morgan fingerprint density at radius 1 is 1.47 bits per heavy atom. The average molecular weight is 253 g/mol. The minimum atomic E-state index is -0.411. The highest BCUT2D eigenvalue weighted by molar-refractivity contribution is 7.80. The van der Waals surface area contributed by atoms with Crippen LogP contribution in [0.2, 0.25) is 0 Å². The summed E-state index contributed by atoms with van der Waals surface area (Å²) in [4.78, 5) is 12.2. The number of benzene rings is 1. The van der Waals surface area contributed by atoms with Crippen LogP contribution in [0.25, 0.3) is 0 Å². The Morgan fingerprint density at radius 3 is 2.65 bits per heavy atom. The molecule has 17 heavy (non-hydrogen) atoms. The first kappa shape index (κ1) is 12.4. The summed E-state index contributed by atoms with van der Waals surface area (Å²) in [6, 6.07) is 4.20. The lowest BCUT2D eigenvalue weighted by Crippen LogP contribution is -2.45. The monoisotopic (exact) mass is 253 g/mol. The molecule has 92 valence electrons. The van der Waals surface area contributed by atoms with E-state index in [-0.39, 0.29) is 16.3 Å². The normalized spacial score (nSPS) is 15.8. The van der Waals surface area contributed by atoms with Gasteiger partial charge >= 0.3 is 0 Å². The van der Waals surface area contributed by atoms with Crippen LogP contribution in [0.3, 0.4) is 0 Å². The third kappa shape index (κ3) is 2.80.